The fourth-order valence-electron chi connectivity index (χ4n) is 6.92. The van der Waals surface area contributed by atoms with E-state index in [0.29, 0.717) is 89.0 Å². The number of nitrogens with zero attached hydrogens (tertiary/aromatic N) is 2. The van der Waals surface area contributed by atoms with Crippen LogP contribution in [0, 0.1) is 11.6 Å². The number of para-hydroxylation sites is 4. The molecular formula is C50H30F2N2O4S3. The first-order chi connectivity index (χ1) is 30.1. The summed E-state index contributed by atoms with van der Waals surface area (Å²) in [4.78, 5) is 2.74. The van der Waals surface area contributed by atoms with Crippen LogP contribution in [0.3, 0.4) is 0 Å². The van der Waals surface area contributed by atoms with E-state index < -0.39 is 11.6 Å². The van der Waals surface area contributed by atoms with Gasteiger partial charge in [0.05, 0.1) is 34.0 Å². The lowest BCUT2D eigenvalue weighted by molar-refractivity contribution is 0.422. The van der Waals surface area contributed by atoms with Gasteiger partial charge in [-0.1, -0.05) is 84.9 Å². The summed E-state index contributed by atoms with van der Waals surface area (Å²) < 4.78 is 67.7. The minimum absolute atomic E-state index is 0.327. The van der Waals surface area contributed by atoms with E-state index in [2.05, 4.69) is 0 Å². The normalized spacial score (nSPS) is 11.1. The van der Waals surface area contributed by atoms with Gasteiger partial charge in [-0.15, -0.1) is 22.7 Å². The van der Waals surface area contributed by atoms with Crippen LogP contribution in [0.4, 0.5) is 8.78 Å². The molecule has 10 aromatic rings. The maximum Gasteiger partial charge on any atom is 0.181 e. The van der Waals surface area contributed by atoms with Gasteiger partial charge in [-0.2, -0.15) is 8.75 Å². The van der Waals surface area contributed by atoms with Crippen molar-refractivity contribution in [2.45, 2.75) is 0 Å². The standard InChI is InChI=1S/C50H30F2N2O4S3/c51-35-23-13-25-37(55-31-15-5-1-6-16-31)43(35)39-27-29-41(59-39)45-47-48(54-61-53-47)46(50(58-34-21-11-4-12-22-34)49(45)57-33-19-9-3-10-20-33)42-30-28-40(60-42)44-36(52)24-14-26-38(44)56-32-17-7-2-8-18-32/h1-30H. The number of hydrogen-bond acceptors (Lipinski definition) is 9. The molecule has 0 bridgehead atoms. The predicted molar refractivity (Wildman–Crippen MR) is 241 cm³/mol. The Morgan fingerprint density at radius 2 is 0.656 bits per heavy atom. The first kappa shape index (κ1) is 38.0. The molecule has 0 amide bonds. The molecule has 0 aliphatic heterocycles. The third-order valence-electron chi connectivity index (χ3n) is 9.64. The maximum absolute atomic E-state index is 15.9. The van der Waals surface area contributed by atoms with Crippen molar-refractivity contribution in [2.75, 3.05) is 0 Å². The number of halogens is 2. The van der Waals surface area contributed by atoms with Crippen LogP contribution in [-0.2, 0) is 0 Å². The Bertz CT molecular complexity index is 2910. The van der Waals surface area contributed by atoms with Gasteiger partial charge in [-0.25, -0.2) is 8.78 Å². The Hall–Kier alpha value is -7.18. The van der Waals surface area contributed by atoms with Crippen molar-refractivity contribution in [3.05, 3.63) is 194 Å². The molecule has 11 heteroatoms. The first-order valence-electron chi connectivity index (χ1n) is 19.1. The zero-order valence-corrected chi connectivity index (χ0v) is 34.3. The van der Waals surface area contributed by atoms with Crippen LogP contribution in [0.2, 0.25) is 0 Å². The average molecular weight is 857 g/mol. The Labute approximate surface area is 361 Å². The highest BCUT2D eigenvalue weighted by atomic mass is 32.1. The minimum Gasteiger partial charge on any atom is -0.457 e. The number of hydrogen-bond donors (Lipinski definition) is 0. The third-order valence-corrected chi connectivity index (χ3v) is 12.4. The monoisotopic (exact) mass is 856 g/mol. The van der Waals surface area contributed by atoms with Gasteiger partial charge in [0.1, 0.15) is 57.2 Å². The van der Waals surface area contributed by atoms with E-state index in [1.165, 1.54) is 34.8 Å². The molecule has 3 heterocycles. The van der Waals surface area contributed by atoms with Gasteiger partial charge < -0.3 is 18.9 Å². The smallest absolute Gasteiger partial charge is 0.181 e. The topological polar surface area (TPSA) is 62.7 Å². The SMILES string of the molecule is Fc1cccc(Oc2ccccc2)c1-c1ccc(-c2c(Oc3ccccc3)c(Oc3ccccc3)c(-c3ccc(-c4c(F)cccc4Oc4ccccc4)s3)c3nsnc23)s1. The third kappa shape index (κ3) is 7.73. The zero-order valence-electron chi connectivity index (χ0n) is 31.8. The predicted octanol–water partition coefficient (Wildman–Crippen LogP) is 15.9. The molecule has 0 saturated carbocycles. The maximum atomic E-state index is 15.9. The molecule has 0 spiro atoms. The second-order valence-electron chi connectivity index (χ2n) is 13.6. The molecule has 7 aromatic carbocycles. The first-order valence-corrected chi connectivity index (χ1v) is 21.5. The van der Waals surface area contributed by atoms with Crippen LogP contribution in [0.15, 0.2) is 182 Å². The van der Waals surface area contributed by atoms with E-state index in [-0.39, 0.29) is 0 Å². The number of rotatable bonds is 12. The Kier molecular flexibility index (Phi) is 10.5. The van der Waals surface area contributed by atoms with Gasteiger partial charge in [0, 0.05) is 19.5 Å². The summed E-state index contributed by atoms with van der Waals surface area (Å²) in [6.07, 6.45) is 0. The highest BCUT2D eigenvalue weighted by Crippen LogP contribution is 2.56. The van der Waals surface area contributed by atoms with Crippen molar-refractivity contribution >= 4 is 45.4 Å². The number of ether oxygens (including phenoxy) is 4. The van der Waals surface area contributed by atoms with E-state index in [9.17, 15) is 0 Å². The second-order valence-corrected chi connectivity index (χ2v) is 16.3. The number of fused-ring (bicyclic) bond motifs is 1. The summed E-state index contributed by atoms with van der Waals surface area (Å²) in [6, 6.07) is 54.6. The molecule has 61 heavy (non-hydrogen) atoms. The molecule has 0 saturated heterocycles. The molecule has 0 aliphatic carbocycles. The summed E-state index contributed by atoms with van der Waals surface area (Å²) in [7, 11) is 0. The summed E-state index contributed by atoms with van der Waals surface area (Å²) >= 11 is 3.80. The van der Waals surface area contributed by atoms with Gasteiger partial charge in [0.25, 0.3) is 0 Å². The quantitative estimate of drug-likeness (QED) is 0.122. The highest BCUT2D eigenvalue weighted by molar-refractivity contribution is 7.19. The fourth-order valence-corrected chi connectivity index (χ4v) is 9.69. The van der Waals surface area contributed by atoms with Crippen LogP contribution < -0.4 is 18.9 Å². The van der Waals surface area contributed by atoms with E-state index in [1.807, 2.05) is 146 Å². The zero-order chi connectivity index (χ0) is 41.1. The van der Waals surface area contributed by atoms with Gasteiger partial charge in [0.2, 0.25) is 0 Å². The number of aromatic nitrogens is 2. The van der Waals surface area contributed by atoms with Crippen molar-refractivity contribution in [2.24, 2.45) is 0 Å². The lowest BCUT2D eigenvalue weighted by atomic mass is 10.0. The van der Waals surface area contributed by atoms with Gasteiger partial charge in [-0.3, -0.25) is 0 Å². The van der Waals surface area contributed by atoms with Crippen molar-refractivity contribution in [1.29, 1.82) is 0 Å². The summed E-state index contributed by atoms with van der Waals surface area (Å²) in [5.41, 5.74) is 3.00. The molecular weight excluding hydrogens is 827 g/mol. The van der Waals surface area contributed by atoms with Crippen molar-refractivity contribution in [1.82, 2.24) is 8.75 Å². The van der Waals surface area contributed by atoms with E-state index >= 15 is 8.78 Å². The Morgan fingerprint density at radius 1 is 0.328 bits per heavy atom. The van der Waals surface area contributed by atoms with Crippen molar-refractivity contribution < 1.29 is 27.7 Å². The molecule has 0 unspecified atom stereocenters. The Morgan fingerprint density at radius 3 is 1.02 bits per heavy atom. The van der Waals surface area contributed by atoms with Crippen molar-refractivity contribution in [3.63, 3.8) is 0 Å². The molecule has 296 valence electrons. The van der Waals surface area contributed by atoms with Crippen LogP contribution in [0.5, 0.6) is 46.0 Å². The number of benzene rings is 7. The summed E-state index contributed by atoms with van der Waals surface area (Å²) in [5, 5.41) is 0. The van der Waals surface area contributed by atoms with Gasteiger partial charge >= 0.3 is 0 Å². The molecule has 0 aliphatic rings. The van der Waals surface area contributed by atoms with Gasteiger partial charge in [0.15, 0.2) is 11.5 Å². The second kappa shape index (κ2) is 16.8. The van der Waals surface area contributed by atoms with Crippen LogP contribution in [0.25, 0.3) is 52.8 Å². The Balaban J connectivity index is 1.17. The molecule has 0 atom stereocenters. The van der Waals surface area contributed by atoms with Crippen LogP contribution >= 0.6 is 34.4 Å². The van der Waals surface area contributed by atoms with Crippen molar-refractivity contribution in [3.8, 4) is 87.8 Å². The average Bonchev–Trinajstić information content (AvgIpc) is 4.08. The molecule has 6 nitrogen and oxygen atoms in total. The highest BCUT2D eigenvalue weighted by Gasteiger charge is 2.31. The summed E-state index contributed by atoms with van der Waals surface area (Å²) in [5.74, 6) is 2.95. The molecule has 3 aromatic heterocycles. The molecule has 10 rings (SSSR count). The fraction of sp³-hybridized carbons (Fsp3) is 0. The van der Waals surface area contributed by atoms with Crippen LogP contribution in [0.1, 0.15) is 0 Å². The van der Waals surface area contributed by atoms with E-state index in [1.54, 1.807) is 24.3 Å². The molecule has 0 fully saturated rings. The largest absolute Gasteiger partial charge is 0.457 e. The minimum atomic E-state index is -0.424. The summed E-state index contributed by atoms with van der Waals surface area (Å²) in [6.45, 7) is 0. The number of thiophene rings is 2. The molecule has 0 N–H and O–H groups in total. The van der Waals surface area contributed by atoms with Gasteiger partial charge in [-0.05, 0) is 97.1 Å². The lowest BCUT2D eigenvalue weighted by Gasteiger charge is -2.19. The van der Waals surface area contributed by atoms with E-state index in [4.69, 9.17) is 27.7 Å². The molecule has 0 radical (unpaired) electrons. The van der Waals surface area contributed by atoms with Crippen LogP contribution in [-0.4, -0.2) is 8.75 Å². The van der Waals surface area contributed by atoms with E-state index in [0.717, 1.165) is 21.5 Å². The lowest BCUT2D eigenvalue weighted by Crippen LogP contribution is -1.97.